The van der Waals surface area contributed by atoms with Crippen LogP contribution < -0.4 is 0 Å². The minimum Gasteiger partial charge on any atom is -0.609 e. The molecule has 34 heavy (non-hydrogen) atoms. The largest absolute Gasteiger partial charge is 0.609 e. The molecule has 0 spiro atoms. The number of hydrogen-bond donors (Lipinski definition) is 3. The molecule has 1 aliphatic rings. The molecular weight excluding hydrogens is 522 g/mol. The van der Waals surface area contributed by atoms with E-state index in [2.05, 4.69) is 10.3 Å². The minimum absolute atomic E-state index is 0.0913. The molecular formula is C20H16Cl2F3N3O5S. The van der Waals surface area contributed by atoms with Crippen molar-refractivity contribution in [3.05, 3.63) is 64.0 Å². The number of rotatable bonds is 5. The number of benzene rings is 2. The topological polar surface area (TPSA) is 124 Å². The lowest BCUT2D eigenvalue weighted by atomic mass is 9.97. The van der Waals surface area contributed by atoms with Gasteiger partial charge in [0.15, 0.2) is 28.5 Å². The number of nitrogens with zero attached hydrogens (tertiary/aromatic N) is 3. The summed E-state index contributed by atoms with van der Waals surface area (Å²) in [4.78, 5) is 0.168. The van der Waals surface area contributed by atoms with Crippen LogP contribution in [0.5, 0.6) is 0 Å². The van der Waals surface area contributed by atoms with Crippen molar-refractivity contribution in [1.82, 2.24) is 15.0 Å². The van der Waals surface area contributed by atoms with Crippen LogP contribution >= 0.6 is 23.2 Å². The van der Waals surface area contributed by atoms with Crippen LogP contribution in [0.3, 0.4) is 0 Å². The summed E-state index contributed by atoms with van der Waals surface area (Å²) in [6, 6.07) is 4.26. The van der Waals surface area contributed by atoms with Gasteiger partial charge in [-0.15, -0.1) is 5.10 Å². The molecule has 182 valence electrons. The molecule has 2 heterocycles. The Labute approximate surface area is 203 Å². The molecule has 1 aromatic heterocycles. The minimum atomic E-state index is -2.03. The monoisotopic (exact) mass is 537 g/mol. The number of ether oxygens (including phenoxy) is 1. The van der Waals surface area contributed by atoms with Crippen molar-refractivity contribution < 1.29 is 37.8 Å². The van der Waals surface area contributed by atoms with Crippen molar-refractivity contribution in [3.63, 3.8) is 0 Å². The normalized spacial score (nSPS) is 26.0. The van der Waals surface area contributed by atoms with E-state index in [0.29, 0.717) is 12.1 Å². The first-order chi connectivity index (χ1) is 16.1. The van der Waals surface area contributed by atoms with Gasteiger partial charge in [-0.3, -0.25) is 0 Å². The third kappa shape index (κ3) is 4.64. The van der Waals surface area contributed by atoms with E-state index < -0.39 is 65.0 Å². The average Bonchev–Trinajstić information content (AvgIpc) is 3.28. The molecule has 3 aromatic rings. The summed E-state index contributed by atoms with van der Waals surface area (Å²) >= 11 is 9.84. The van der Waals surface area contributed by atoms with E-state index >= 15 is 0 Å². The van der Waals surface area contributed by atoms with Gasteiger partial charge in [-0.1, -0.05) is 28.4 Å². The summed E-state index contributed by atoms with van der Waals surface area (Å²) < 4.78 is 60.2. The van der Waals surface area contributed by atoms with Gasteiger partial charge in [0.1, 0.15) is 23.9 Å². The Morgan fingerprint density at radius 1 is 1.06 bits per heavy atom. The molecule has 2 aromatic carbocycles. The van der Waals surface area contributed by atoms with E-state index in [1.807, 2.05) is 0 Å². The van der Waals surface area contributed by atoms with Gasteiger partial charge < -0.3 is 24.6 Å². The molecule has 0 amide bonds. The molecule has 8 nitrogen and oxygen atoms in total. The fourth-order valence-electron chi connectivity index (χ4n) is 3.55. The maximum absolute atomic E-state index is 13.6. The predicted octanol–water partition coefficient (Wildman–Crippen LogP) is 2.46. The second-order valence-corrected chi connectivity index (χ2v) is 9.75. The van der Waals surface area contributed by atoms with E-state index in [4.69, 9.17) is 27.9 Å². The molecule has 1 aliphatic heterocycles. The first-order valence-electron chi connectivity index (χ1n) is 9.67. The molecule has 14 heteroatoms. The molecule has 1 unspecified atom stereocenters. The lowest BCUT2D eigenvalue weighted by molar-refractivity contribution is -0.180. The summed E-state index contributed by atoms with van der Waals surface area (Å²) in [6.07, 6.45) is -3.27. The van der Waals surface area contributed by atoms with Gasteiger partial charge in [-0.25, -0.2) is 17.9 Å². The van der Waals surface area contributed by atoms with E-state index in [9.17, 15) is 33.0 Å². The van der Waals surface area contributed by atoms with Crippen molar-refractivity contribution in [1.29, 1.82) is 0 Å². The van der Waals surface area contributed by atoms with Crippen LogP contribution in [0.2, 0.25) is 10.0 Å². The van der Waals surface area contributed by atoms with E-state index in [1.54, 1.807) is 0 Å². The second kappa shape index (κ2) is 9.99. The highest BCUT2D eigenvalue weighted by Crippen LogP contribution is 2.36. The zero-order chi connectivity index (χ0) is 24.7. The first kappa shape index (κ1) is 25.2. The molecule has 3 N–H and O–H groups in total. The van der Waals surface area contributed by atoms with Crippen LogP contribution in [0.25, 0.3) is 11.3 Å². The van der Waals surface area contributed by atoms with Crippen LogP contribution in [0.15, 0.2) is 41.4 Å². The molecule has 4 rings (SSSR count). The van der Waals surface area contributed by atoms with Crippen molar-refractivity contribution in [2.45, 2.75) is 34.7 Å². The number of aliphatic hydroxyl groups is 3. The Kier molecular flexibility index (Phi) is 7.41. The van der Waals surface area contributed by atoms with Crippen molar-refractivity contribution in [2.75, 3.05) is 6.61 Å². The fraction of sp³-hybridized carbons (Fsp3) is 0.300. The van der Waals surface area contributed by atoms with Crippen LogP contribution in [0, 0.1) is 17.5 Å². The van der Waals surface area contributed by atoms with Gasteiger partial charge in [0, 0.05) is 22.8 Å². The molecule has 6 atom stereocenters. The average molecular weight is 538 g/mol. The van der Waals surface area contributed by atoms with Crippen LogP contribution in [0.1, 0.15) is 6.04 Å². The van der Waals surface area contributed by atoms with Crippen molar-refractivity contribution in [3.8, 4) is 11.3 Å². The molecule has 1 saturated heterocycles. The van der Waals surface area contributed by atoms with Gasteiger partial charge in [0.25, 0.3) is 0 Å². The Morgan fingerprint density at radius 3 is 2.35 bits per heavy atom. The third-order valence-corrected chi connectivity index (χ3v) is 7.55. The fourth-order valence-corrected chi connectivity index (χ4v) is 5.28. The van der Waals surface area contributed by atoms with Crippen molar-refractivity contribution in [2.24, 2.45) is 0 Å². The number of halogens is 5. The molecule has 0 aliphatic carbocycles. The van der Waals surface area contributed by atoms with Gasteiger partial charge in [-0.2, -0.15) is 0 Å². The Balaban J connectivity index is 1.67. The summed E-state index contributed by atoms with van der Waals surface area (Å²) in [6.45, 7) is -0.685. The van der Waals surface area contributed by atoms with Crippen LogP contribution in [-0.4, -0.2) is 65.2 Å². The highest BCUT2D eigenvalue weighted by atomic mass is 35.5. The maximum atomic E-state index is 13.6. The van der Waals surface area contributed by atoms with Crippen LogP contribution in [-0.2, 0) is 15.9 Å². The zero-order valence-corrected chi connectivity index (χ0v) is 19.2. The number of aromatic nitrogens is 3. The second-order valence-electron chi connectivity index (χ2n) is 7.41. The van der Waals surface area contributed by atoms with E-state index in [0.717, 1.165) is 10.9 Å². The summed E-state index contributed by atoms with van der Waals surface area (Å²) in [5.41, 5.74) is -1.67. The Morgan fingerprint density at radius 2 is 1.74 bits per heavy atom. The summed E-state index contributed by atoms with van der Waals surface area (Å²) in [7, 11) is 0. The lowest BCUT2D eigenvalue weighted by Gasteiger charge is -2.41. The standard InChI is InChI=1S/C20H16Cl2F3N3O5S/c21-10-2-1-9(5-11(10)22)34(32)20-19(31)17(18(30)15(7-29)33-20)28-6-14(26-27-28)8-3-12(23)16(25)13(24)4-8/h1-6,15,17-20,29-31H,7H2/t15-,17+,18+,19-,20-,34?/m1/s1. The van der Waals surface area contributed by atoms with Gasteiger partial charge in [-0.05, 0) is 24.3 Å². The SMILES string of the molecule is [O-][S+](c1ccc(Cl)c(Cl)c1)[C@H]1O[C@H](CO)[C@H](O)[C@H](n2cc(-c3cc(F)c(F)c(F)c3)nn2)[C@H]1O. The Bertz CT molecular complexity index is 1180. The zero-order valence-electron chi connectivity index (χ0n) is 16.9. The number of hydrogen-bond acceptors (Lipinski definition) is 7. The summed E-state index contributed by atoms with van der Waals surface area (Å²) in [5, 5.41) is 39.2. The highest BCUT2D eigenvalue weighted by molar-refractivity contribution is 7.92. The predicted molar refractivity (Wildman–Crippen MR) is 115 cm³/mol. The molecule has 1 fully saturated rings. The van der Waals surface area contributed by atoms with E-state index in [1.165, 1.54) is 18.2 Å². The van der Waals surface area contributed by atoms with Gasteiger partial charge >= 0.3 is 0 Å². The van der Waals surface area contributed by atoms with Gasteiger partial charge in [0.2, 0.25) is 5.44 Å². The number of aliphatic hydroxyl groups excluding tert-OH is 3. The lowest BCUT2D eigenvalue weighted by Crippen LogP contribution is -2.58. The maximum Gasteiger partial charge on any atom is 0.250 e. The smallest absolute Gasteiger partial charge is 0.250 e. The third-order valence-electron chi connectivity index (χ3n) is 5.28. The quantitative estimate of drug-likeness (QED) is 0.337. The van der Waals surface area contributed by atoms with Gasteiger partial charge in [0.05, 0.1) is 22.8 Å². The van der Waals surface area contributed by atoms with E-state index in [-0.39, 0.29) is 26.2 Å². The molecule has 0 saturated carbocycles. The highest BCUT2D eigenvalue weighted by Gasteiger charge is 2.51. The molecule has 0 radical (unpaired) electrons. The Hall–Kier alpha value is -1.90. The first-order valence-corrected chi connectivity index (χ1v) is 11.6. The molecule has 0 bridgehead atoms. The van der Waals surface area contributed by atoms with Crippen LogP contribution in [0.4, 0.5) is 13.2 Å². The summed E-state index contributed by atoms with van der Waals surface area (Å²) in [5.74, 6) is -4.52. The van der Waals surface area contributed by atoms with Crippen molar-refractivity contribution >= 4 is 34.4 Å².